The number of hydrogen-bond acceptors (Lipinski definition) is 3. The molecule has 1 atom stereocenters. The van der Waals surface area contributed by atoms with Crippen molar-refractivity contribution in [1.29, 1.82) is 0 Å². The third-order valence-corrected chi connectivity index (χ3v) is 2.84. The molecule has 17 heavy (non-hydrogen) atoms. The molecule has 1 N–H and O–H groups in total. The maximum Gasteiger partial charge on any atom is 0.401 e. The lowest BCUT2D eigenvalue weighted by molar-refractivity contribution is -0.126. The van der Waals surface area contributed by atoms with Crippen LogP contribution in [0, 0.1) is 0 Å². The van der Waals surface area contributed by atoms with Crippen LogP contribution in [0.5, 0.6) is 0 Å². The first-order valence-electron chi connectivity index (χ1n) is 5.85. The predicted molar refractivity (Wildman–Crippen MR) is 60.0 cm³/mol. The maximum atomic E-state index is 12.0. The molecule has 1 unspecified atom stereocenters. The summed E-state index contributed by atoms with van der Waals surface area (Å²) in [4.78, 5) is 2.16. The first kappa shape index (κ1) is 14.7. The molecule has 0 aromatic rings. The van der Waals surface area contributed by atoms with E-state index in [1.165, 1.54) is 0 Å². The summed E-state index contributed by atoms with van der Waals surface area (Å²) >= 11 is 0. The number of morpholine rings is 1. The zero-order valence-electron chi connectivity index (χ0n) is 10.6. The van der Waals surface area contributed by atoms with Crippen molar-refractivity contribution in [2.24, 2.45) is 0 Å². The minimum absolute atomic E-state index is 0.0838. The van der Waals surface area contributed by atoms with Crippen molar-refractivity contribution in [1.82, 2.24) is 10.2 Å². The van der Waals surface area contributed by atoms with Gasteiger partial charge in [0.1, 0.15) is 0 Å². The summed E-state index contributed by atoms with van der Waals surface area (Å²) in [6, 6.07) is 0.0838. The Kier molecular flexibility index (Phi) is 4.80. The van der Waals surface area contributed by atoms with Gasteiger partial charge in [-0.2, -0.15) is 13.2 Å². The second-order valence-corrected chi connectivity index (χ2v) is 5.17. The summed E-state index contributed by atoms with van der Waals surface area (Å²) < 4.78 is 41.5. The van der Waals surface area contributed by atoms with E-state index in [0.717, 1.165) is 13.1 Å². The average molecular weight is 254 g/mol. The standard InChI is InChI=1S/C11H21F3N2O/c1-9(6-15-7-11(12,13)14)16-4-5-17-10(2,3)8-16/h9,15H,4-8H2,1-3H3. The lowest BCUT2D eigenvalue weighted by atomic mass is 10.1. The van der Waals surface area contributed by atoms with Crippen LogP contribution < -0.4 is 5.32 Å². The molecule has 1 saturated heterocycles. The summed E-state index contributed by atoms with van der Waals surface area (Å²) in [5.41, 5.74) is -0.212. The molecular weight excluding hydrogens is 233 g/mol. The highest BCUT2D eigenvalue weighted by molar-refractivity contribution is 4.82. The molecule has 1 aliphatic rings. The van der Waals surface area contributed by atoms with E-state index in [4.69, 9.17) is 4.74 Å². The molecule has 6 heteroatoms. The van der Waals surface area contributed by atoms with Gasteiger partial charge < -0.3 is 10.1 Å². The Morgan fingerprint density at radius 1 is 1.41 bits per heavy atom. The lowest BCUT2D eigenvalue weighted by Gasteiger charge is -2.41. The molecule has 0 saturated carbocycles. The largest absolute Gasteiger partial charge is 0.401 e. The Balaban J connectivity index is 2.30. The summed E-state index contributed by atoms with van der Waals surface area (Å²) in [6.07, 6.45) is -4.13. The van der Waals surface area contributed by atoms with E-state index in [1.54, 1.807) is 0 Å². The van der Waals surface area contributed by atoms with Crippen LogP contribution in [0.4, 0.5) is 13.2 Å². The lowest BCUT2D eigenvalue weighted by Crippen LogP contribution is -2.54. The monoisotopic (exact) mass is 254 g/mol. The zero-order valence-corrected chi connectivity index (χ0v) is 10.6. The van der Waals surface area contributed by atoms with E-state index in [-0.39, 0.29) is 11.6 Å². The number of nitrogens with zero attached hydrogens (tertiary/aromatic N) is 1. The number of rotatable bonds is 4. The molecule has 1 fully saturated rings. The Hall–Kier alpha value is -0.330. The predicted octanol–water partition coefficient (Wildman–Crippen LogP) is 1.64. The summed E-state index contributed by atoms with van der Waals surface area (Å²) in [7, 11) is 0. The van der Waals surface area contributed by atoms with Crippen molar-refractivity contribution in [3.05, 3.63) is 0 Å². The fourth-order valence-corrected chi connectivity index (χ4v) is 1.98. The van der Waals surface area contributed by atoms with Crippen molar-refractivity contribution in [2.45, 2.75) is 38.6 Å². The Morgan fingerprint density at radius 2 is 2.06 bits per heavy atom. The normalized spacial score (nSPS) is 23.6. The quantitative estimate of drug-likeness (QED) is 0.825. The third kappa shape index (κ3) is 5.70. The van der Waals surface area contributed by atoms with E-state index in [1.807, 2.05) is 20.8 Å². The van der Waals surface area contributed by atoms with Crippen LogP contribution in [0.15, 0.2) is 0 Å². The minimum Gasteiger partial charge on any atom is -0.373 e. The summed E-state index contributed by atoms with van der Waals surface area (Å²) in [5.74, 6) is 0. The second kappa shape index (κ2) is 5.54. The van der Waals surface area contributed by atoms with Crippen molar-refractivity contribution < 1.29 is 17.9 Å². The zero-order chi connectivity index (χ0) is 13.1. The molecule has 0 amide bonds. The summed E-state index contributed by atoms with van der Waals surface area (Å²) in [5, 5.41) is 2.44. The third-order valence-electron chi connectivity index (χ3n) is 2.84. The number of hydrogen-bond donors (Lipinski definition) is 1. The topological polar surface area (TPSA) is 24.5 Å². The molecule has 0 bridgehead atoms. The molecule has 0 aromatic heterocycles. The van der Waals surface area contributed by atoms with Gasteiger partial charge in [0.15, 0.2) is 0 Å². The maximum absolute atomic E-state index is 12.0. The van der Waals surface area contributed by atoms with Gasteiger partial charge in [0, 0.05) is 25.7 Å². The van der Waals surface area contributed by atoms with E-state index in [2.05, 4.69) is 10.2 Å². The number of nitrogens with one attached hydrogen (secondary N) is 1. The molecule has 1 aliphatic heterocycles. The van der Waals surface area contributed by atoms with Crippen molar-refractivity contribution in [2.75, 3.05) is 32.8 Å². The van der Waals surface area contributed by atoms with Gasteiger partial charge in [-0.1, -0.05) is 0 Å². The van der Waals surface area contributed by atoms with Gasteiger partial charge in [-0.3, -0.25) is 4.90 Å². The Bertz CT molecular complexity index is 243. The average Bonchev–Trinajstić information content (AvgIpc) is 2.13. The van der Waals surface area contributed by atoms with Crippen molar-refractivity contribution in [3.63, 3.8) is 0 Å². The van der Waals surface area contributed by atoms with Gasteiger partial charge in [0.2, 0.25) is 0 Å². The molecule has 0 aromatic carbocycles. The van der Waals surface area contributed by atoms with Gasteiger partial charge in [-0.05, 0) is 20.8 Å². The van der Waals surface area contributed by atoms with Crippen LogP contribution in [-0.4, -0.2) is 55.5 Å². The fourth-order valence-electron chi connectivity index (χ4n) is 1.98. The van der Waals surface area contributed by atoms with E-state index in [0.29, 0.717) is 13.2 Å². The number of ether oxygens (including phenoxy) is 1. The highest BCUT2D eigenvalue weighted by Gasteiger charge is 2.30. The molecule has 1 rings (SSSR count). The van der Waals surface area contributed by atoms with Gasteiger partial charge >= 0.3 is 6.18 Å². The van der Waals surface area contributed by atoms with Crippen molar-refractivity contribution >= 4 is 0 Å². The van der Waals surface area contributed by atoms with Gasteiger partial charge in [0.05, 0.1) is 18.8 Å². The fraction of sp³-hybridized carbons (Fsp3) is 1.00. The van der Waals surface area contributed by atoms with Gasteiger partial charge in [-0.15, -0.1) is 0 Å². The Labute approximate surface area is 100 Å². The van der Waals surface area contributed by atoms with Crippen LogP contribution in [0.2, 0.25) is 0 Å². The second-order valence-electron chi connectivity index (χ2n) is 5.17. The molecule has 102 valence electrons. The van der Waals surface area contributed by atoms with E-state index >= 15 is 0 Å². The van der Waals surface area contributed by atoms with Gasteiger partial charge in [0.25, 0.3) is 0 Å². The van der Waals surface area contributed by atoms with Crippen molar-refractivity contribution in [3.8, 4) is 0 Å². The molecule has 1 heterocycles. The highest BCUT2D eigenvalue weighted by atomic mass is 19.4. The first-order valence-corrected chi connectivity index (χ1v) is 5.85. The van der Waals surface area contributed by atoms with Crippen LogP contribution in [0.25, 0.3) is 0 Å². The van der Waals surface area contributed by atoms with Crippen LogP contribution in [-0.2, 0) is 4.74 Å². The van der Waals surface area contributed by atoms with E-state index in [9.17, 15) is 13.2 Å². The number of halogens is 3. The van der Waals surface area contributed by atoms with E-state index < -0.39 is 12.7 Å². The van der Waals surface area contributed by atoms with Crippen LogP contribution in [0.1, 0.15) is 20.8 Å². The molecule has 3 nitrogen and oxygen atoms in total. The minimum atomic E-state index is -4.13. The number of alkyl halides is 3. The Morgan fingerprint density at radius 3 is 2.59 bits per heavy atom. The summed E-state index contributed by atoms with van der Waals surface area (Å²) in [6.45, 7) is 7.51. The SMILES string of the molecule is CC(CNCC(F)(F)F)N1CCOC(C)(C)C1. The molecule has 0 spiro atoms. The molecular formula is C11H21F3N2O. The first-order chi connectivity index (χ1) is 7.70. The smallest absolute Gasteiger partial charge is 0.373 e. The molecule has 0 radical (unpaired) electrons. The highest BCUT2D eigenvalue weighted by Crippen LogP contribution is 2.18. The molecule has 0 aliphatic carbocycles. The van der Waals surface area contributed by atoms with Crippen LogP contribution in [0.3, 0.4) is 0 Å². The van der Waals surface area contributed by atoms with Crippen LogP contribution >= 0.6 is 0 Å². The van der Waals surface area contributed by atoms with Gasteiger partial charge in [-0.25, -0.2) is 0 Å².